The molecule has 1 fully saturated rings. The number of carboxylic acids is 1. The lowest BCUT2D eigenvalue weighted by molar-refractivity contribution is 0.0690. The van der Waals surface area contributed by atoms with Crippen molar-refractivity contribution in [2.75, 3.05) is 24.2 Å². The van der Waals surface area contributed by atoms with Gasteiger partial charge in [0.15, 0.2) is 5.69 Å². The summed E-state index contributed by atoms with van der Waals surface area (Å²) in [5.74, 6) is -0.583. The molecule has 0 aliphatic carbocycles. The molecule has 0 bridgehead atoms. The van der Waals surface area contributed by atoms with Crippen molar-refractivity contribution in [1.29, 1.82) is 0 Å². The van der Waals surface area contributed by atoms with Crippen molar-refractivity contribution in [3.63, 3.8) is 0 Å². The molecule has 1 atom stereocenters. The molecular formula is C10H14N4O4S. The van der Waals surface area contributed by atoms with E-state index < -0.39 is 16.0 Å². The van der Waals surface area contributed by atoms with Crippen LogP contribution in [0.3, 0.4) is 0 Å². The molecule has 9 heteroatoms. The summed E-state index contributed by atoms with van der Waals surface area (Å²) >= 11 is 0. The fourth-order valence-corrected chi connectivity index (χ4v) is 2.76. The van der Waals surface area contributed by atoms with Gasteiger partial charge in [-0.3, -0.25) is 0 Å². The molecule has 0 radical (unpaired) electrons. The van der Waals surface area contributed by atoms with E-state index in [0.29, 0.717) is 25.3 Å². The van der Waals surface area contributed by atoms with Crippen molar-refractivity contribution >= 4 is 21.8 Å². The molecule has 0 aromatic carbocycles. The van der Waals surface area contributed by atoms with Crippen molar-refractivity contribution in [2.24, 2.45) is 0 Å². The maximum Gasteiger partial charge on any atom is 0.356 e. The van der Waals surface area contributed by atoms with Gasteiger partial charge in [-0.05, 0) is 6.42 Å². The van der Waals surface area contributed by atoms with Crippen LogP contribution in [-0.2, 0) is 10.0 Å². The standard InChI is InChI=1S/C10H14N4O4S/c1-19(17,18)13-7-2-3-14(6-7)9-5-11-8(4-12-9)10(15)16/h4-5,7,13H,2-3,6H2,1H3,(H,15,16)/t7-/m1/s1. The average molecular weight is 286 g/mol. The van der Waals surface area contributed by atoms with Gasteiger partial charge in [0.05, 0.1) is 18.6 Å². The lowest BCUT2D eigenvalue weighted by Gasteiger charge is -2.17. The van der Waals surface area contributed by atoms with E-state index in [1.807, 2.05) is 4.90 Å². The molecule has 0 amide bonds. The molecule has 1 aliphatic rings. The van der Waals surface area contributed by atoms with Crippen molar-refractivity contribution in [3.8, 4) is 0 Å². The third-order valence-corrected chi connectivity index (χ3v) is 3.51. The summed E-state index contributed by atoms with van der Waals surface area (Å²) in [7, 11) is -3.22. The summed E-state index contributed by atoms with van der Waals surface area (Å²) in [5.41, 5.74) is -0.117. The lowest BCUT2D eigenvalue weighted by atomic mass is 10.3. The van der Waals surface area contributed by atoms with Crippen LogP contribution >= 0.6 is 0 Å². The minimum Gasteiger partial charge on any atom is -0.476 e. The van der Waals surface area contributed by atoms with Gasteiger partial charge in [0.1, 0.15) is 5.82 Å². The van der Waals surface area contributed by atoms with Gasteiger partial charge in [-0.1, -0.05) is 0 Å². The highest BCUT2D eigenvalue weighted by Crippen LogP contribution is 2.17. The largest absolute Gasteiger partial charge is 0.476 e. The molecule has 2 heterocycles. The zero-order valence-electron chi connectivity index (χ0n) is 10.3. The van der Waals surface area contributed by atoms with E-state index in [1.54, 1.807) is 0 Å². The molecule has 0 saturated carbocycles. The summed E-state index contributed by atoms with van der Waals surface area (Å²) in [4.78, 5) is 20.3. The monoisotopic (exact) mass is 286 g/mol. The lowest BCUT2D eigenvalue weighted by Crippen LogP contribution is -2.36. The topological polar surface area (TPSA) is 112 Å². The molecule has 19 heavy (non-hydrogen) atoms. The minimum absolute atomic E-state index is 0.117. The molecule has 1 aliphatic heterocycles. The molecule has 0 spiro atoms. The van der Waals surface area contributed by atoms with Gasteiger partial charge in [-0.25, -0.2) is 27.9 Å². The molecule has 8 nitrogen and oxygen atoms in total. The van der Waals surface area contributed by atoms with Crippen molar-refractivity contribution in [3.05, 3.63) is 18.1 Å². The summed E-state index contributed by atoms with van der Waals surface area (Å²) in [5, 5.41) is 8.72. The number of hydrogen-bond acceptors (Lipinski definition) is 6. The second-order valence-corrected chi connectivity index (χ2v) is 6.17. The Hall–Kier alpha value is -1.74. The second-order valence-electron chi connectivity index (χ2n) is 4.39. The van der Waals surface area contributed by atoms with Gasteiger partial charge in [0.2, 0.25) is 10.0 Å². The number of rotatable bonds is 4. The van der Waals surface area contributed by atoms with Gasteiger partial charge in [-0.15, -0.1) is 0 Å². The predicted octanol–water partition coefficient (Wildman–Crippen LogP) is -0.697. The Morgan fingerprint density at radius 1 is 1.47 bits per heavy atom. The van der Waals surface area contributed by atoms with Crippen LogP contribution < -0.4 is 9.62 Å². The molecule has 1 saturated heterocycles. The first kappa shape index (κ1) is 13.7. The van der Waals surface area contributed by atoms with Crippen LogP contribution in [0.5, 0.6) is 0 Å². The highest BCUT2D eigenvalue weighted by molar-refractivity contribution is 7.88. The number of sulfonamides is 1. The summed E-state index contributed by atoms with van der Waals surface area (Å²) in [6, 6.07) is -0.157. The average Bonchev–Trinajstić information content (AvgIpc) is 2.75. The van der Waals surface area contributed by atoms with Crippen LogP contribution in [0, 0.1) is 0 Å². The summed E-state index contributed by atoms with van der Waals surface area (Å²) < 4.78 is 24.8. The first-order chi connectivity index (χ1) is 8.85. The van der Waals surface area contributed by atoms with E-state index in [9.17, 15) is 13.2 Å². The number of hydrogen-bond donors (Lipinski definition) is 2. The van der Waals surface area contributed by atoms with Crippen LogP contribution in [-0.4, -0.2) is 54.8 Å². The van der Waals surface area contributed by atoms with Gasteiger partial charge in [-0.2, -0.15) is 0 Å². The third-order valence-electron chi connectivity index (χ3n) is 2.75. The predicted molar refractivity (Wildman–Crippen MR) is 67.6 cm³/mol. The van der Waals surface area contributed by atoms with Gasteiger partial charge < -0.3 is 10.0 Å². The molecule has 2 N–H and O–H groups in total. The van der Waals surface area contributed by atoms with Crippen LogP contribution in [0.4, 0.5) is 5.82 Å². The Kier molecular flexibility index (Phi) is 3.67. The number of aromatic nitrogens is 2. The maximum absolute atomic E-state index is 11.1. The van der Waals surface area contributed by atoms with Crippen molar-refractivity contribution < 1.29 is 18.3 Å². The maximum atomic E-state index is 11.1. The number of carboxylic acid groups (broad SMARTS) is 1. The fraction of sp³-hybridized carbons (Fsp3) is 0.500. The smallest absolute Gasteiger partial charge is 0.356 e. The molecule has 1 aromatic rings. The second kappa shape index (κ2) is 5.10. The summed E-state index contributed by atoms with van der Waals surface area (Å²) in [6.45, 7) is 1.14. The highest BCUT2D eigenvalue weighted by Gasteiger charge is 2.25. The fourth-order valence-electron chi connectivity index (χ4n) is 1.96. The number of carbonyl (C=O) groups is 1. The van der Waals surface area contributed by atoms with Gasteiger partial charge in [0, 0.05) is 19.1 Å². The third kappa shape index (κ3) is 3.61. The van der Waals surface area contributed by atoms with E-state index >= 15 is 0 Å². The Bertz CT molecular complexity index is 572. The zero-order chi connectivity index (χ0) is 14.0. The van der Waals surface area contributed by atoms with E-state index in [4.69, 9.17) is 5.11 Å². The van der Waals surface area contributed by atoms with E-state index in [2.05, 4.69) is 14.7 Å². The SMILES string of the molecule is CS(=O)(=O)N[C@@H]1CCN(c2cnc(C(=O)O)cn2)C1. The Morgan fingerprint density at radius 2 is 2.21 bits per heavy atom. The molecule has 104 valence electrons. The highest BCUT2D eigenvalue weighted by atomic mass is 32.2. The van der Waals surface area contributed by atoms with Gasteiger partial charge in [0.25, 0.3) is 0 Å². The van der Waals surface area contributed by atoms with Crippen LogP contribution in [0.15, 0.2) is 12.4 Å². The Labute approximate surface area is 110 Å². The molecule has 1 aromatic heterocycles. The number of nitrogens with one attached hydrogen (secondary N) is 1. The van der Waals surface area contributed by atoms with Gasteiger partial charge >= 0.3 is 5.97 Å². The molecular weight excluding hydrogens is 272 g/mol. The number of aromatic carboxylic acids is 1. The number of nitrogens with zero attached hydrogens (tertiary/aromatic N) is 3. The minimum atomic E-state index is -3.22. The first-order valence-electron chi connectivity index (χ1n) is 5.63. The zero-order valence-corrected chi connectivity index (χ0v) is 11.1. The summed E-state index contributed by atoms with van der Waals surface area (Å²) in [6.07, 6.45) is 4.37. The van der Waals surface area contributed by atoms with Crippen LogP contribution in [0.25, 0.3) is 0 Å². The van der Waals surface area contributed by atoms with E-state index in [0.717, 1.165) is 6.26 Å². The Morgan fingerprint density at radius 3 is 2.74 bits per heavy atom. The Balaban J connectivity index is 2.02. The normalized spacial score (nSPS) is 19.6. The van der Waals surface area contributed by atoms with Crippen molar-refractivity contribution in [1.82, 2.24) is 14.7 Å². The molecule has 0 unspecified atom stereocenters. The first-order valence-corrected chi connectivity index (χ1v) is 7.52. The quantitative estimate of drug-likeness (QED) is 0.752. The van der Waals surface area contributed by atoms with E-state index in [-0.39, 0.29) is 11.7 Å². The van der Waals surface area contributed by atoms with Crippen molar-refractivity contribution in [2.45, 2.75) is 12.5 Å². The number of anilines is 1. The molecule has 2 rings (SSSR count). The van der Waals surface area contributed by atoms with Crippen LogP contribution in [0.2, 0.25) is 0 Å². The van der Waals surface area contributed by atoms with Crippen LogP contribution in [0.1, 0.15) is 16.9 Å². The van der Waals surface area contributed by atoms with E-state index in [1.165, 1.54) is 12.4 Å².